The highest BCUT2D eigenvalue weighted by Crippen LogP contribution is 2.43. The number of carbonyl (C=O) groups excluding carboxylic acids is 2. The Balaban J connectivity index is 5.53. The molecule has 0 aromatic carbocycles. The zero-order valence-electron chi connectivity index (χ0n) is 48.2. The summed E-state index contributed by atoms with van der Waals surface area (Å²) in [5.41, 5.74) is 0. The SMILES string of the molecule is CC\C=C/C=C/C=C/C=C\C=C\C=C\CCCCCC(=O)NC(COP(=O)(O)OCC[N+](C)(C)C)C(/C=C/CCCCCCCCCCCCC)OC(=O)CCCCC/C=C\C/C=C\C/C=C\C/C=C\C/C=C\CC. The van der Waals surface area contributed by atoms with Gasteiger partial charge in [0.25, 0.3) is 0 Å². The second kappa shape index (κ2) is 53.3. The van der Waals surface area contributed by atoms with Crippen LogP contribution < -0.4 is 5.32 Å². The van der Waals surface area contributed by atoms with E-state index in [1.165, 1.54) is 57.8 Å². The van der Waals surface area contributed by atoms with E-state index in [1.54, 1.807) is 0 Å². The van der Waals surface area contributed by atoms with E-state index < -0.39 is 20.0 Å². The molecule has 3 atom stereocenters. The summed E-state index contributed by atoms with van der Waals surface area (Å²) in [6.45, 7) is 6.66. The molecule has 1 amide bonds. The van der Waals surface area contributed by atoms with Crippen LogP contribution >= 0.6 is 7.82 Å². The Kier molecular flexibility index (Phi) is 50.4. The predicted molar refractivity (Wildman–Crippen MR) is 322 cm³/mol. The van der Waals surface area contributed by atoms with Crippen molar-refractivity contribution in [2.45, 2.75) is 213 Å². The molecular weight excluding hydrogens is 952 g/mol. The average Bonchev–Trinajstić information content (AvgIpc) is 3.37. The summed E-state index contributed by atoms with van der Waals surface area (Å²) in [6.07, 6.45) is 77.0. The van der Waals surface area contributed by atoms with Crippen molar-refractivity contribution in [3.8, 4) is 0 Å². The van der Waals surface area contributed by atoms with E-state index in [0.717, 1.165) is 96.3 Å². The molecule has 0 bridgehead atoms. The van der Waals surface area contributed by atoms with Crippen LogP contribution in [0.1, 0.15) is 201 Å². The third-order valence-electron chi connectivity index (χ3n) is 11.9. The maximum absolute atomic E-state index is 13.5. The summed E-state index contributed by atoms with van der Waals surface area (Å²) in [5, 5.41) is 3.01. The number of quaternary nitrogens is 1. The van der Waals surface area contributed by atoms with Crippen molar-refractivity contribution in [3.63, 3.8) is 0 Å². The predicted octanol–water partition coefficient (Wildman–Crippen LogP) is 17.9. The van der Waals surface area contributed by atoms with Gasteiger partial charge in [-0.25, -0.2) is 4.57 Å². The monoisotopic (exact) mass is 1060 g/mol. The van der Waals surface area contributed by atoms with Crippen LogP contribution in [0.15, 0.2) is 146 Å². The molecular formula is C65H108N2O7P+. The van der Waals surface area contributed by atoms with E-state index in [-0.39, 0.29) is 37.9 Å². The minimum atomic E-state index is -4.48. The van der Waals surface area contributed by atoms with Crippen LogP contribution in [-0.2, 0) is 27.9 Å². The number of phosphoric acid groups is 1. The lowest BCUT2D eigenvalue weighted by Gasteiger charge is -2.27. The zero-order valence-corrected chi connectivity index (χ0v) is 49.1. The Morgan fingerprint density at radius 3 is 1.44 bits per heavy atom. The van der Waals surface area contributed by atoms with Crippen LogP contribution in [0, 0.1) is 0 Å². The van der Waals surface area contributed by atoms with Crippen molar-refractivity contribution in [3.05, 3.63) is 146 Å². The van der Waals surface area contributed by atoms with Crippen LogP contribution in [0.3, 0.4) is 0 Å². The second-order valence-electron chi connectivity index (χ2n) is 20.2. The molecule has 424 valence electrons. The summed E-state index contributed by atoms with van der Waals surface area (Å²) in [5.74, 6) is -0.608. The highest BCUT2D eigenvalue weighted by atomic mass is 31.2. The number of esters is 1. The molecule has 0 heterocycles. The highest BCUT2D eigenvalue weighted by Gasteiger charge is 2.30. The van der Waals surface area contributed by atoms with Crippen molar-refractivity contribution >= 4 is 19.7 Å². The van der Waals surface area contributed by atoms with Crippen molar-refractivity contribution in [1.82, 2.24) is 5.32 Å². The summed E-state index contributed by atoms with van der Waals surface area (Å²) < 4.78 is 30.6. The van der Waals surface area contributed by atoms with Gasteiger partial charge in [0.2, 0.25) is 5.91 Å². The van der Waals surface area contributed by atoms with Gasteiger partial charge in [0, 0.05) is 12.8 Å². The zero-order chi connectivity index (χ0) is 55.0. The summed E-state index contributed by atoms with van der Waals surface area (Å²) in [4.78, 5) is 37.6. The van der Waals surface area contributed by atoms with Gasteiger partial charge in [0.15, 0.2) is 0 Å². The number of hydrogen-bond donors (Lipinski definition) is 2. The number of hydrogen-bond acceptors (Lipinski definition) is 6. The molecule has 0 aromatic heterocycles. The van der Waals surface area contributed by atoms with Crippen molar-refractivity contribution < 1.29 is 37.3 Å². The number of carbonyl (C=O) groups is 2. The number of likely N-dealkylation sites (N-methyl/N-ethyl adjacent to an activating group) is 1. The molecule has 0 aliphatic carbocycles. The first kappa shape index (κ1) is 70.9. The average molecular weight is 1060 g/mol. The molecule has 0 radical (unpaired) electrons. The number of rotatable bonds is 50. The number of allylic oxidation sites excluding steroid dienone is 23. The van der Waals surface area contributed by atoms with Crippen LogP contribution in [-0.4, -0.2) is 74.3 Å². The Labute approximate surface area is 459 Å². The molecule has 0 fully saturated rings. The number of phosphoric ester groups is 1. The topological polar surface area (TPSA) is 111 Å². The summed E-state index contributed by atoms with van der Waals surface area (Å²) in [6, 6.07) is -0.897. The lowest BCUT2D eigenvalue weighted by atomic mass is 10.0. The van der Waals surface area contributed by atoms with Gasteiger partial charge in [-0.1, -0.05) is 238 Å². The molecule has 2 N–H and O–H groups in total. The third-order valence-corrected chi connectivity index (χ3v) is 12.9. The fraction of sp³-hybridized carbons (Fsp3) is 0.600. The molecule has 0 saturated carbocycles. The summed E-state index contributed by atoms with van der Waals surface area (Å²) in [7, 11) is 1.42. The molecule has 0 aromatic rings. The number of amides is 1. The second-order valence-corrected chi connectivity index (χ2v) is 21.7. The molecule has 0 aliphatic rings. The fourth-order valence-electron chi connectivity index (χ4n) is 7.47. The van der Waals surface area contributed by atoms with Crippen molar-refractivity contribution in [2.24, 2.45) is 0 Å². The normalized spacial score (nSPS) is 14.8. The molecule has 0 aliphatic heterocycles. The first-order valence-electron chi connectivity index (χ1n) is 29.2. The maximum atomic E-state index is 13.5. The highest BCUT2D eigenvalue weighted by molar-refractivity contribution is 7.47. The Bertz CT molecular complexity index is 1790. The van der Waals surface area contributed by atoms with Gasteiger partial charge in [0.05, 0.1) is 33.8 Å². The van der Waals surface area contributed by atoms with Crippen molar-refractivity contribution in [1.29, 1.82) is 0 Å². The smallest absolute Gasteiger partial charge is 0.456 e. The fourth-order valence-corrected chi connectivity index (χ4v) is 8.20. The lowest BCUT2D eigenvalue weighted by Crippen LogP contribution is -2.47. The maximum Gasteiger partial charge on any atom is 0.472 e. The molecule has 10 heteroatoms. The number of nitrogens with one attached hydrogen (secondary N) is 1. The van der Waals surface area contributed by atoms with E-state index in [9.17, 15) is 19.0 Å². The third kappa shape index (κ3) is 54.5. The number of nitrogens with zero attached hydrogens (tertiary/aromatic N) is 1. The molecule has 75 heavy (non-hydrogen) atoms. The van der Waals surface area contributed by atoms with Crippen LogP contribution in [0.4, 0.5) is 0 Å². The molecule has 0 rings (SSSR count). The Morgan fingerprint density at radius 1 is 0.493 bits per heavy atom. The van der Waals surface area contributed by atoms with Gasteiger partial charge in [-0.2, -0.15) is 0 Å². The lowest BCUT2D eigenvalue weighted by molar-refractivity contribution is -0.870. The van der Waals surface area contributed by atoms with E-state index in [1.807, 2.05) is 94.1 Å². The first-order chi connectivity index (χ1) is 36.4. The van der Waals surface area contributed by atoms with Gasteiger partial charge < -0.3 is 19.4 Å². The van der Waals surface area contributed by atoms with Gasteiger partial charge >= 0.3 is 13.8 Å². The molecule has 0 saturated heterocycles. The van der Waals surface area contributed by atoms with Crippen LogP contribution in [0.5, 0.6) is 0 Å². The van der Waals surface area contributed by atoms with Gasteiger partial charge in [-0.3, -0.25) is 18.6 Å². The largest absolute Gasteiger partial charge is 0.472 e. The van der Waals surface area contributed by atoms with Crippen LogP contribution in [0.2, 0.25) is 0 Å². The van der Waals surface area contributed by atoms with Crippen LogP contribution in [0.25, 0.3) is 0 Å². The molecule has 9 nitrogen and oxygen atoms in total. The number of ether oxygens (including phenoxy) is 1. The number of unbranched alkanes of at least 4 members (excludes halogenated alkanes) is 17. The minimum absolute atomic E-state index is 0.0163. The van der Waals surface area contributed by atoms with Gasteiger partial charge in [0.1, 0.15) is 19.3 Å². The quantitative estimate of drug-likeness (QED) is 0.0156. The van der Waals surface area contributed by atoms with E-state index in [2.05, 4.69) is 99.0 Å². The minimum Gasteiger partial charge on any atom is -0.456 e. The Hall–Kier alpha value is -4.11. The standard InChI is InChI=1S/C65H107N2O7P/c1-7-10-13-16-19-22-25-28-30-32-33-35-37-40-43-46-49-52-55-58-65(69)74-63(56-53-50-47-44-41-38-27-24-21-18-15-12-9-3)62(61-73-75(70,71)72-60-59-67(4,5)6)66-64(68)57-54-51-48-45-42-39-36-34-31-29-26-23-20-17-14-11-8-2/h10-11,13-14,17,19-20,22-23,26,28-31,33-36,39-40,42-43,53,56,62-63H,7-9,12,15-16,18,21,24-25,27,32,37-38,41,44-52,54-55,57-61H2,1-6H3,(H-,66,68,70,71)/p+1/b13-10-,14-11-,20-17+,22-19-,26-23+,30-28-,31-29-,35-33-,36-34+,42-39+,43-40-,56-53+. The first-order valence-corrected chi connectivity index (χ1v) is 30.7. The van der Waals surface area contributed by atoms with E-state index in [0.29, 0.717) is 23.9 Å². The van der Waals surface area contributed by atoms with E-state index in [4.69, 9.17) is 13.8 Å². The van der Waals surface area contributed by atoms with Crippen molar-refractivity contribution in [2.75, 3.05) is 40.9 Å². The van der Waals surface area contributed by atoms with Gasteiger partial charge in [-0.05, 0) is 96.0 Å². The molecule has 0 spiro atoms. The van der Waals surface area contributed by atoms with E-state index >= 15 is 0 Å². The summed E-state index contributed by atoms with van der Waals surface area (Å²) >= 11 is 0. The van der Waals surface area contributed by atoms with Gasteiger partial charge in [-0.15, -0.1) is 0 Å². The Morgan fingerprint density at radius 2 is 0.920 bits per heavy atom. The molecule has 3 unspecified atom stereocenters.